The second kappa shape index (κ2) is 6.34. The van der Waals surface area contributed by atoms with Gasteiger partial charge in [0.25, 0.3) is 0 Å². The van der Waals surface area contributed by atoms with Crippen molar-refractivity contribution in [3.05, 3.63) is 17.5 Å². The van der Waals surface area contributed by atoms with Gasteiger partial charge in [0.05, 0.1) is 11.4 Å². The van der Waals surface area contributed by atoms with E-state index in [-0.39, 0.29) is 0 Å². The van der Waals surface area contributed by atoms with Gasteiger partial charge >= 0.3 is 0 Å². The number of hydrogen-bond acceptors (Lipinski definition) is 3. The average Bonchev–Trinajstić information content (AvgIpc) is 2.66. The van der Waals surface area contributed by atoms with Gasteiger partial charge in [0.1, 0.15) is 0 Å². The highest BCUT2D eigenvalue weighted by Gasteiger charge is 2.20. The van der Waals surface area contributed by atoms with Crippen molar-refractivity contribution in [3.8, 4) is 0 Å². The number of aryl methyl sites for hydroxylation is 2. The number of aromatic nitrogens is 2. The highest BCUT2D eigenvalue weighted by atomic mass is 15.3. The van der Waals surface area contributed by atoms with Gasteiger partial charge in [-0.3, -0.25) is 9.58 Å². The van der Waals surface area contributed by atoms with E-state index in [4.69, 9.17) is 0 Å². The zero-order chi connectivity index (χ0) is 13.0. The van der Waals surface area contributed by atoms with E-state index < -0.39 is 0 Å². The molecule has 0 radical (unpaired) electrons. The third-order valence-corrected chi connectivity index (χ3v) is 3.67. The average molecular weight is 250 g/mol. The minimum atomic E-state index is 0.674. The molecule has 0 saturated carbocycles. The molecule has 1 fully saturated rings. The van der Waals surface area contributed by atoms with E-state index in [2.05, 4.69) is 35.2 Å². The molecule has 0 amide bonds. The lowest BCUT2D eigenvalue weighted by Gasteiger charge is -2.33. The van der Waals surface area contributed by atoms with Crippen LogP contribution in [0, 0.1) is 6.92 Å². The second-order valence-electron chi connectivity index (χ2n) is 5.43. The third kappa shape index (κ3) is 3.56. The normalized spacial score (nSPS) is 21.4. The lowest BCUT2D eigenvalue weighted by atomic mass is 10.1. The highest BCUT2D eigenvalue weighted by Crippen LogP contribution is 2.14. The summed E-state index contributed by atoms with van der Waals surface area (Å²) in [6, 6.07) is 2.87. The molecule has 1 aromatic heterocycles. The van der Waals surface area contributed by atoms with E-state index in [1.54, 1.807) is 0 Å². The van der Waals surface area contributed by atoms with Crippen LogP contribution in [0.4, 0.5) is 0 Å². The molecule has 2 rings (SSSR count). The minimum absolute atomic E-state index is 0.674. The Kier molecular flexibility index (Phi) is 4.78. The first kappa shape index (κ1) is 13.6. The molecule has 1 aliphatic heterocycles. The fourth-order valence-corrected chi connectivity index (χ4v) is 2.76. The van der Waals surface area contributed by atoms with E-state index in [9.17, 15) is 0 Å². The van der Waals surface area contributed by atoms with Gasteiger partial charge in [0, 0.05) is 26.2 Å². The number of hydrogen-bond donors (Lipinski definition) is 1. The number of nitrogens with zero attached hydrogens (tertiary/aromatic N) is 3. The maximum absolute atomic E-state index is 4.42. The summed E-state index contributed by atoms with van der Waals surface area (Å²) in [7, 11) is 2.04. The van der Waals surface area contributed by atoms with E-state index >= 15 is 0 Å². The van der Waals surface area contributed by atoms with Crippen LogP contribution < -0.4 is 5.32 Å². The lowest BCUT2D eigenvalue weighted by Crippen LogP contribution is -2.45. The predicted molar refractivity (Wildman–Crippen MR) is 74.5 cm³/mol. The summed E-state index contributed by atoms with van der Waals surface area (Å²) in [5.74, 6) is 0. The zero-order valence-corrected chi connectivity index (χ0v) is 11.9. The van der Waals surface area contributed by atoms with Crippen molar-refractivity contribution in [3.63, 3.8) is 0 Å². The van der Waals surface area contributed by atoms with Crippen molar-refractivity contribution in [2.45, 2.75) is 45.7 Å². The van der Waals surface area contributed by atoms with Gasteiger partial charge in [0.15, 0.2) is 0 Å². The van der Waals surface area contributed by atoms with Crippen LogP contribution in [0.15, 0.2) is 6.07 Å². The zero-order valence-electron chi connectivity index (χ0n) is 11.9. The quantitative estimate of drug-likeness (QED) is 0.863. The maximum atomic E-state index is 4.42. The summed E-state index contributed by atoms with van der Waals surface area (Å²) in [4.78, 5) is 2.55. The molecule has 1 unspecified atom stereocenters. The van der Waals surface area contributed by atoms with Crippen LogP contribution >= 0.6 is 0 Å². The molecule has 0 aliphatic carbocycles. The van der Waals surface area contributed by atoms with Crippen LogP contribution in [0.3, 0.4) is 0 Å². The Labute approximate surface area is 110 Å². The maximum Gasteiger partial charge on any atom is 0.0597 e. The van der Waals surface area contributed by atoms with Gasteiger partial charge in [-0.1, -0.05) is 6.92 Å². The van der Waals surface area contributed by atoms with Gasteiger partial charge in [-0.05, 0) is 45.3 Å². The van der Waals surface area contributed by atoms with Crippen LogP contribution in [-0.4, -0.2) is 40.4 Å². The van der Waals surface area contributed by atoms with Crippen LogP contribution in [-0.2, 0) is 13.6 Å². The number of piperidine rings is 1. The summed E-state index contributed by atoms with van der Waals surface area (Å²) in [5.41, 5.74) is 2.44. The fraction of sp³-hybridized carbons (Fsp3) is 0.786. The topological polar surface area (TPSA) is 33.1 Å². The smallest absolute Gasteiger partial charge is 0.0597 e. The Bertz CT molecular complexity index is 372. The van der Waals surface area contributed by atoms with E-state index in [1.807, 2.05) is 11.7 Å². The molecule has 4 heteroatoms. The summed E-state index contributed by atoms with van der Waals surface area (Å²) in [6.45, 7) is 8.85. The molecular formula is C14H26N4. The van der Waals surface area contributed by atoms with E-state index in [0.29, 0.717) is 6.04 Å². The predicted octanol–water partition coefficient (Wildman–Crippen LogP) is 1.69. The molecule has 1 N–H and O–H groups in total. The Balaban J connectivity index is 1.87. The Hall–Kier alpha value is -0.870. The minimum Gasteiger partial charge on any atom is -0.313 e. The molecule has 1 saturated heterocycles. The summed E-state index contributed by atoms with van der Waals surface area (Å²) >= 11 is 0. The fourth-order valence-electron chi connectivity index (χ4n) is 2.76. The number of rotatable bonds is 5. The van der Waals surface area contributed by atoms with Gasteiger partial charge in [-0.2, -0.15) is 5.10 Å². The lowest BCUT2D eigenvalue weighted by molar-refractivity contribution is 0.180. The van der Waals surface area contributed by atoms with E-state index in [0.717, 1.165) is 18.8 Å². The van der Waals surface area contributed by atoms with Gasteiger partial charge in [-0.15, -0.1) is 0 Å². The molecule has 4 nitrogen and oxygen atoms in total. The van der Waals surface area contributed by atoms with Crippen LogP contribution in [0.5, 0.6) is 0 Å². The molecule has 0 bridgehead atoms. The standard InChI is InChI=1S/C14H26N4/c1-4-7-15-13-6-5-8-18(10-13)11-14-9-12(2)16-17(14)3/h9,13,15H,4-8,10-11H2,1-3H3. The molecular weight excluding hydrogens is 224 g/mol. The van der Waals surface area contributed by atoms with Crippen LogP contribution in [0.1, 0.15) is 37.6 Å². The van der Waals surface area contributed by atoms with Crippen molar-refractivity contribution >= 4 is 0 Å². The third-order valence-electron chi connectivity index (χ3n) is 3.67. The van der Waals surface area contributed by atoms with Gasteiger partial charge in [0.2, 0.25) is 0 Å². The van der Waals surface area contributed by atoms with Crippen LogP contribution in [0.2, 0.25) is 0 Å². The molecule has 2 heterocycles. The first-order valence-corrected chi connectivity index (χ1v) is 7.14. The molecule has 1 aliphatic rings. The Morgan fingerprint density at radius 2 is 2.33 bits per heavy atom. The highest BCUT2D eigenvalue weighted by molar-refractivity contribution is 5.08. The summed E-state index contributed by atoms with van der Waals surface area (Å²) in [6.07, 6.45) is 3.84. The SMILES string of the molecule is CCCNC1CCCN(Cc2cc(C)nn2C)C1. The van der Waals surface area contributed by atoms with Crippen molar-refractivity contribution < 1.29 is 0 Å². The Morgan fingerprint density at radius 1 is 1.50 bits per heavy atom. The Morgan fingerprint density at radius 3 is 3.00 bits per heavy atom. The number of nitrogens with one attached hydrogen (secondary N) is 1. The molecule has 18 heavy (non-hydrogen) atoms. The molecule has 102 valence electrons. The summed E-state index contributed by atoms with van der Waals surface area (Å²) < 4.78 is 2.01. The molecule has 0 spiro atoms. The first-order chi connectivity index (χ1) is 8.69. The van der Waals surface area contributed by atoms with Gasteiger partial charge in [-0.25, -0.2) is 0 Å². The van der Waals surface area contributed by atoms with Crippen molar-refractivity contribution in [2.75, 3.05) is 19.6 Å². The monoisotopic (exact) mass is 250 g/mol. The molecule has 1 aromatic rings. The summed E-state index contributed by atoms with van der Waals surface area (Å²) in [5, 5.41) is 8.06. The van der Waals surface area contributed by atoms with Crippen molar-refractivity contribution in [2.24, 2.45) is 7.05 Å². The molecule has 0 aromatic carbocycles. The van der Waals surface area contributed by atoms with Crippen molar-refractivity contribution in [1.82, 2.24) is 20.0 Å². The largest absolute Gasteiger partial charge is 0.313 e. The van der Waals surface area contributed by atoms with Gasteiger partial charge < -0.3 is 5.32 Å². The van der Waals surface area contributed by atoms with Crippen LogP contribution in [0.25, 0.3) is 0 Å². The van der Waals surface area contributed by atoms with Crippen molar-refractivity contribution in [1.29, 1.82) is 0 Å². The molecule has 1 atom stereocenters. The number of likely N-dealkylation sites (tertiary alicyclic amines) is 1. The first-order valence-electron chi connectivity index (χ1n) is 7.14. The van der Waals surface area contributed by atoms with E-state index in [1.165, 1.54) is 38.0 Å². The second-order valence-corrected chi connectivity index (χ2v) is 5.43.